The number of nitrogens with one attached hydrogen (secondary N) is 1. The van der Waals surface area contributed by atoms with Crippen LogP contribution in [0, 0.1) is 12.7 Å². The molecule has 0 aliphatic heterocycles. The van der Waals surface area contributed by atoms with Gasteiger partial charge in [0.15, 0.2) is 5.82 Å². The van der Waals surface area contributed by atoms with Crippen LogP contribution in [-0.2, 0) is 10.7 Å². The van der Waals surface area contributed by atoms with Crippen molar-refractivity contribution in [2.75, 3.05) is 12.4 Å². The minimum Gasteiger partial charge on any atom is -0.496 e. The van der Waals surface area contributed by atoms with Crippen LogP contribution in [-0.4, -0.2) is 39.3 Å². The fourth-order valence-electron chi connectivity index (χ4n) is 2.56. The molecule has 2 N–H and O–H groups in total. The molecule has 3 rings (SSSR count). The zero-order valence-corrected chi connectivity index (χ0v) is 17.3. The van der Waals surface area contributed by atoms with Crippen LogP contribution < -0.4 is 10.1 Å². The number of carbonyl (C=O) groups is 2. The topological polar surface area (TPSA) is 114 Å². The largest absolute Gasteiger partial charge is 0.496 e. The smallest absolute Gasteiger partial charge is 0.395 e. The molecule has 1 aromatic carbocycles. The highest BCUT2D eigenvalue weighted by atomic mass is 35.5. The Hall–Kier alpha value is -3.25. The number of carbonyl (C=O) groups excluding carboxylic acids is 1. The number of methoxy groups -OCH3 is 1. The second kappa shape index (κ2) is 8.47. The van der Waals surface area contributed by atoms with Crippen LogP contribution in [0.1, 0.15) is 21.1 Å². The average Bonchev–Trinajstić information content (AvgIpc) is 3.18. The summed E-state index contributed by atoms with van der Waals surface area (Å²) in [6.45, 7) is 1.62. The molecule has 3 aromatic rings. The van der Waals surface area contributed by atoms with Crippen molar-refractivity contribution in [1.29, 1.82) is 0 Å². The summed E-state index contributed by atoms with van der Waals surface area (Å²) in [7, 11) is 1.31. The van der Waals surface area contributed by atoms with E-state index in [2.05, 4.69) is 20.5 Å². The summed E-state index contributed by atoms with van der Waals surface area (Å²) >= 11 is 6.07. The number of halogens is 4. The summed E-state index contributed by atoms with van der Waals surface area (Å²) in [6, 6.07) is 4.14. The van der Waals surface area contributed by atoms with E-state index in [-0.39, 0.29) is 43.9 Å². The summed E-state index contributed by atoms with van der Waals surface area (Å²) in [5.74, 6) is -8.28. The van der Waals surface area contributed by atoms with E-state index >= 15 is 0 Å². The van der Waals surface area contributed by atoms with Gasteiger partial charge >= 0.3 is 11.9 Å². The highest BCUT2D eigenvalue weighted by molar-refractivity contribution is 7.15. The summed E-state index contributed by atoms with van der Waals surface area (Å²) in [4.78, 5) is 27.5. The normalized spacial score (nSPS) is 11.3. The van der Waals surface area contributed by atoms with Crippen molar-refractivity contribution < 1.29 is 32.6 Å². The summed E-state index contributed by atoms with van der Waals surface area (Å²) in [6.07, 6.45) is 1.16. The van der Waals surface area contributed by atoms with E-state index in [0.29, 0.717) is 5.69 Å². The molecule has 0 atom stereocenters. The zero-order valence-electron chi connectivity index (χ0n) is 15.7. The highest BCUT2D eigenvalue weighted by Gasteiger charge is 2.45. The molecule has 2 aromatic heterocycles. The molecule has 0 saturated carbocycles. The number of nitrogens with zero attached hydrogens (tertiary/aromatic N) is 3. The maximum absolute atomic E-state index is 14.8. The van der Waals surface area contributed by atoms with E-state index in [9.17, 15) is 22.8 Å². The third kappa shape index (κ3) is 4.30. The number of ether oxygens (including phenoxy) is 1. The Morgan fingerprint density at radius 2 is 2.00 bits per heavy atom. The van der Waals surface area contributed by atoms with Crippen LogP contribution in [0.3, 0.4) is 0 Å². The van der Waals surface area contributed by atoms with E-state index < -0.39 is 28.6 Å². The van der Waals surface area contributed by atoms with E-state index in [0.717, 1.165) is 6.20 Å². The zero-order chi connectivity index (χ0) is 22.9. The van der Waals surface area contributed by atoms with Gasteiger partial charge in [-0.3, -0.25) is 15.1 Å². The van der Waals surface area contributed by atoms with Crippen molar-refractivity contribution in [3.63, 3.8) is 0 Å². The van der Waals surface area contributed by atoms with E-state index in [1.54, 1.807) is 6.92 Å². The van der Waals surface area contributed by atoms with E-state index in [1.807, 2.05) is 0 Å². The van der Waals surface area contributed by atoms with Crippen LogP contribution in [0.25, 0.3) is 11.1 Å². The van der Waals surface area contributed by atoms with Gasteiger partial charge in [0.05, 0.1) is 23.3 Å². The number of pyridine rings is 1. The van der Waals surface area contributed by atoms with Gasteiger partial charge in [-0.2, -0.15) is 8.78 Å². The predicted molar refractivity (Wildman–Crippen MR) is 105 cm³/mol. The van der Waals surface area contributed by atoms with Gasteiger partial charge in [0.2, 0.25) is 10.1 Å². The van der Waals surface area contributed by atoms with E-state index in [1.165, 1.54) is 25.3 Å². The molecule has 31 heavy (non-hydrogen) atoms. The number of hydrogen-bond acceptors (Lipinski definition) is 7. The van der Waals surface area contributed by atoms with Crippen molar-refractivity contribution in [3.8, 4) is 16.9 Å². The van der Waals surface area contributed by atoms with Gasteiger partial charge in [0.25, 0.3) is 5.91 Å². The number of alkyl halides is 2. The fourth-order valence-corrected chi connectivity index (χ4v) is 3.42. The number of carboxylic acid groups (broad SMARTS) is 1. The summed E-state index contributed by atoms with van der Waals surface area (Å²) < 4.78 is 47.1. The summed E-state index contributed by atoms with van der Waals surface area (Å²) in [5, 5.41) is 15.6. The van der Waals surface area contributed by atoms with Gasteiger partial charge < -0.3 is 9.84 Å². The molecular weight excluding hydrogens is 461 g/mol. The Balaban J connectivity index is 2.03. The molecule has 0 spiro atoms. The van der Waals surface area contributed by atoms with Crippen molar-refractivity contribution >= 4 is 39.9 Å². The van der Waals surface area contributed by atoms with Gasteiger partial charge in [-0.15, -0.1) is 10.2 Å². The lowest BCUT2D eigenvalue weighted by Crippen LogP contribution is -2.25. The monoisotopic (exact) mass is 472 g/mol. The van der Waals surface area contributed by atoms with Crippen molar-refractivity contribution in [1.82, 2.24) is 15.2 Å². The maximum atomic E-state index is 14.8. The molecule has 8 nitrogen and oxygen atoms in total. The molecule has 2 heterocycles. The lowest BCUT2D eigenvalue weighted by molar-refractivity contribution is -0.166. The molecule has 0 aliphatic rings. The quantitative estimate of drug-likeness (QED) is 0.554. The Morgan fingerprint density at radius 3 is 2.65 bits per heavy atom. The molecule has 0 radical (unpaired) electrons. The lowest BCUT2D eigenvalue weighted by Gasteiger charge is -2.14. The molecule has 13 heteroatoms. The third-order valence-electron chi connectivity index (χ3n) is 4.01. The van der Waals surface area contributed by atoms with Crippen molar-refractivity contribution in [3.05, 3.63) is 51.5 Å². The van der Waals surface area contributed by atoms with E-state index in [4.69, 9.17) is 21.4 Å². The molecule has 1 amide bonds. The number of carboxylic acids is 1. The Bertz CT molecular complexity index is 1190. The van der Waals surface area contributed by atoms with Gasteiger partial charge in [-0.25, -0.2) is 9.18 Å². The molecule has 0 saturated heterocycles. The minimum absolute atomic E-state index is 0.0856. The molecule has 0 unspecified atom stereocenters. The van der Waals surface area contributed by atoms with Crippen molar-refractivity contribution in [2.24, 2.45) is 0 Å². The molecule has 0 aliphatic carbocycles. The Morgan fingerprint density at radius 1 is 1.29 bits per heavy atom. The number of aryl methyl sites for hydroxylation is 1. The second-order valence-corrected chi connectivity index (χ2v) is 7.44. The van der Waals surface area contributed by atoms with Crippen molar-refractivity contribution in [2.45, 2.75) is 12.8 Å². The number of hydrogen-bond donors (Lipinski definition) is 2. The first-order chi connectivity index (χ1) is 14.6. The van der Waals surface area contributed by atoms with Crippen LogP contribution in [0.4, 0.5) is 18.3 Å². The Labute approximate surface area is 181 Å². The van der Waals surface area contributed by atoms with Gasteiger partial charge in [-0.05, 0) is 25.1 Å². The highest BCUT2D eigenvalue weighted by Crippen LogP contribution is 2.38. The average molecular weight is 473 g/mol. The van der Waals surface area contributed by atoms with Gasteiger partial charge in [-0.1, -0.05) is 22.9 Å². The number of amides is 1. The first kappa shape index (κ1) is 22.4. The lowest BCUT2D eigenvalue weighted by atomic mass is 9.98. The first-order valence-electron chi connectivity index (χ1n) is 8.31. The predicted octanol–water partition coefficient (Wildman–Crippen LogP) is 4.14. The number of benzene rings is 1. The van der Waals surface area contributed by atoms with Gasteiger partial charge in [0, 0.05) is 17.5 Å². The fraction of sp³-hybridized carbons (Fsp3) is 0.167. The Kier molecular flexibility index (Phi) is 6.13. The standard InChI is InChI=1S/C18H12ClF3N4O4S/c1-7-5-8(12-11(30-2)4-3-10(19)13(12)20)9(6-23-7)14(27)24-17-26-25-15(31-17)18(21,22)16(28)29/h3-6H,1-2H3,(H,28,29)(H,24,26,27). The number of aromatic nitrogens is 3. The van der Waals surface area contributed by atoms with Crippen LogP contribution in [0.5, 0.6) is 5.75 Å². The maximum Gasteiger partial charge on any atom is 0.395 e. The summed E-state index contributed by atoms with van der Waals surface area (Å²) in [5.41, 5.74) is 0.308. The molecule has 162 valence electrons. The second-order valence-electron chi connectivity index (χ2n) is 6.06. The van der Waals surface area contributed by atoms with Gasteiger partial charge in [0.1, 0.15) is 5.75 Å². The first-order valence-corrected chi connectivity index (χ1v) is 9.51. The number of anilines is 1. The molecular formula is C18H12ClF3N4O4S. The van der Waals surface area contributed by atoms with Crippen LogP contribution in [0.15, 0.2) is 24.4 Å². The van der Waals surface area contributed by atoms with Crippen LogP contribution in [0.2, 0.25) is 5.02 Å². The van der Waals surface area contributed by atoms with Crippen LogP contribution >= 0.6 is 22.9 Å². The molecule has 0 bridgehead atoms. The SMILES string of the molecule is COc1ccc(Cl)c(F)c1-c1cc(C)ncc1C(=O)Nc1nnc(C(F)(F)C(=O)O)s1. The number of rotatable bonds is 6. The minimum atomic E-state index is -4.27. The molecule has 0 fully saturated rings. The third-order valence-corrected chi connectivity index (χ3v) is 5.21. The number of aliphatic carboxylic acids is 1.